The van der Waals surface area contributed by atoms with Gasteiger partial charge in [-0.25, -0.2) is 4.98 Å². The van der Waals surface area contributed by atoms with E-state index in [0.717, 1.165) is 30.4 Å². The molecule has 5 rings (SSSR count). The second-order valence-electron chi connectivity index (χ2n) is 8.94. The number of aromatic nitrogens is 1. The zero-order chi connectivity index (χ0) is 24.2. The van der Waals surface area contributed by atoms with Gasteiger partial charge in [0.25, 0.3) is 11.8 Å². The van der Waals surface area contributed by atoms with E-state index in [1.807, 2.05) is 96.8 Å². The highest BCUT2D eigenvalue weighted by molar-refractivity contribution is 6.17. The van der Waals surface area contributed by atoms with E-state index in [1.54, 1.807) is 0 Å². The van der Waals surface area contributed by atoms with Crippen LogP contribution >= 0.6 is 0 Å². The first-order valence-corrected chi connectivity index (χ1v) is 12.3. The molecule has 5 heteroatoms. The number of para-hydroxylation sites is 1. The number of rotatable bonds is 6. The number of pyridine rings is 1. The first-order chi connectivity index (χ1) is 17.2. The molecule has 3 aromatic carbocycles. The van der Waals surface area contributed by atoms with E-state index >= 15 is 0 Å². The minimum absolute atomic E-state index is 0.127. The van der Waals surface area contributed by atoms with Gasteiger partial charge >= 0.3 is 0 Å². The van der Waals surface area contributed by atoms with Gasteiger partial charge in [-0.05, 0) is 30.9 Å². The summed E-state index contributed by atoms with van der Waals surface area (Å²) in [5.41, 5.74) is 3.90. The predicted octanol–water partition coefficient (Wildman–Crippen LogP) is 6.02. The molecule has 1 aliphatic rings. The number of carbonyl (C=O) groups excluding carboxylic acids is 2. The molecule has 1 saturated heterocycles. The molecule has 1 N–H and O–H groups in total. The SMILES string of the molecule is CCC(NC(=O)c1c(C(=O)N2CCCC2)c(-c2ccccc2)nc2ccccc12)c1ccccc1. The molecule has 1 unspecified atom stereocenters. The van der Waals surface area contributed by atoms with E-state index in [1.165, 1.54) is 0 Å². The highest BCUT2D eigenvalue weighted by atomic mass is 16.2. The lowest BCUT2D eigenvalue weighted by atomic mass is 9.94. The molecule has 0 spiro atoms. The zero-order valence-corrected chi connectivity index (χ0v) is 19.9. The zero-order valence-electron chi connectivity index (χ0n) is 19.9. The third kappa shape index (κ3) is 4.54. The van der Waals surface area contributed by atoms with Crippen molar-refractivity contribution in [1.29, 1.82) is 0 Å². The van der Waals surface area contributed by atoms with Gasteiger partial charge in [-0.15, -0.1) is 0 Å². The Morgan fingerprint density at radius 2 is 1.49 bits per heavy atom. The van der Waals surface area contributed by atoms with E-state index in [9.17, 15) is 9.59 Å². The average Bonchev–Trinajstić information content (AvgIpc) is 3.46. The smallest absolute Gasteiger partial charge is 0.256 e. The maximum absolute atomic E-state index is 14.0. The second kappa shape index (κ2) is 10.1. The number of carbonyl (C=O) groups is 2. The molecule has 0 saturated carbocycles. The summed E-state index contributed by atoms with van der Waals surface area (Å²) in [6.45, 7) is 3.44. The number of likely N-dealkylation sites (tertiary alicyclic amines) is 1. The van der Waals surface area contributed by atoms with Crippen LogP contribution in [0.4, 0.5) is 0 Å². The second-order valence-corrected chi connectivity index (χ2v) is 8.94. The van der Waals surface area contributed by atoms with Crippen molar-refractivity contribution in [3.8, 4) is 11.3 Å². The minimum atomic E-state index is -0.251. The largest absolute Gasteiger partial charge is 0.345 e. The van der Waals surface area contributed by atoms with Crippen LogP contribution in [0.25, 0.3) is 22.2 Å². The van der Waals surface area contributed by atoms with Crippen molar-refractivity contribution in [3.63, 3.8) is 0 Å². The van der Waals surface area contributed by atoms with Crippen LogP contribution in [0.5, 0.6) is 0 Å². The van der Waals surface area contributed by atoms with Crippen LogP contribution in [0.3, 0.4) is 0 Å². The number of fused-ring (bicyclic) bond motifs is 1. The molecule has 1 aromatic heterocycles. The average molecular weight is 464 g/mol. The molecule has 176 valence electrons. The molecular formula is C30H29N3O2. The van der Waals surface area contributed by atoms with E-state index in [-0.39, 0.29) is 17.9 Å². The number of nitrogens with zero attached hydrogens (tertiary/aromatic N) is 2. The van der Waals surface area contributed by atoms with Crippen molar-refractivity contribution >= 4 is 22.7 Å². The van der Waals surface area contributed by atoms with Crippen molar-refractivity contribution in [2.45, 2.75) is 32.2 Å². The summed E-state index contributed by atoms with van der Waals surface area (Å²) in [6.07, 6.45) is 2.68. The van der Waals surface area contributed by atoms with Crippen LogP contribution in [-0.4, -0.2) is 34.8 Å². The van der Waals surface area contributed by atoms with Gasteiger partial charge in [-0.2, -0.15) is 0 Å². The summed E-state index contributed by atoms with van der Waals surface area (Å²) in [4.78, 5) is 34.7. The van der Waals surface area contributed by atoms with Gasteiger partial charge in [0, 0.05) is 24.0 Å². The van der Waals surface area contributed by atoms with E-state index in [4.69, 9.17) is 4.98 Å². The highest BCUT2D eigenvalue weighted by Gasteiger charge is 2.31. The summed E-state index contributed by atoms with van der Waals surface area (Å²) < 4.78 is 0. The van der Waals surface area contributed by atoms with Gasteiger partial charge in [0.1, 0.15) is 0 Å². The van der Waals surface area contributed by atoms with E-state index in [2.05, 4.69) is 5.32 Å². The number of nitrogens with one attached hydrogen (secondary N) is 1. The molecule has 2 amide bonds. The molecule has 0 radical (unpaired) electrons. The molecule has 1 fully saturated rings. The predicted molar refractivity (Wildman–Crippen MR) is 139 cm³/mol. The molecule has 1 aliphatic heterocycles. The normalized spacial score (nSPS) is 14.1. The number of amides is 2. The monoisotopic (exact) mass is 463 g/mol. The number of hydrogen-bond acceptors (Lipinski definition) is 3. The van der Waals surface area contributed by atoms with Gasteiger partial charge in [-0.3, -0.25) is 9.59 Å². The summed E-state index contributed by atoms with van der Waals surface area (Å²) in [5.74, 6) is -0.378. The minimum Gasteiger partial charge on any atom is -0.345 e. The molecule has 0 bridgehead atoms. The Morgan fingerprint density at radius 3 is 2.17 bits per heavy atom. The highest BCUT2D eigenvalue weighted by Crippen LogP contribution is 2.33. The van der Waals surface area contributed by atoms with Gasteiger partial charge in [0.2, 0.25) is 0 Å². The maximum Gasteiger partial charge on any atom is 0.256 e. The molecule has 0 aliphatic carbocycles. The lowest BCUT2D eigenvalue weighted by Crippen LogP contribution is -2.34. The Morgan fingerprint density at radius 1 is 0.857 bits per heavy atom. The summed E-state index contributed by atoms with van der Waals surface area (Å²) in [5, 5.41) is 3.91. The molecular weight excluding hydrogens is 434 g/mol. The van der Waals surface area contributed by atoms with Crippen LogP contribution < -0.4 is 5.32 Å². The Bertz CT molecular complexity index is 1350. The van der Waals surface area contributed by atoms with Crippen molar-refractivity contribution in [2.75, 3.05) is 13.1 Å². The van der Waals surface area contributed by atoms with Gasteiger partial charge in [0.15, 0.2) is 0 Å². The first kappa shape index (κ1) is 22.8. The topological polar surface area (TPSA) is 62.3 Å². The molecule has 2 heterocycles. The van der Waals surface area contributed by atoms with Gasteiger partial charge in [0.05, 0.1) is 28.4 Å². The number of hydrogen-bond donors (Lipinski definition) is 1. The lowest BCUT2D eigenvalue weighted by Gasteiger charge is -2.23. The number of benzene rings is 3. The van der Waals surface area contributed by atoms with Crippen LogP contribution in [0, 0.1) is 0 Å². The third-order valence-electron chi connectivity index (χ3n) is 6.69. The van der Waals surface area contributed by atoms with E-state index < -0.39 is 0 Å². The Labute approximate surface area is 205 Å². The maximum atomic E-state index is 14.0. The standard InChI is InChI=1S/C30H29N3O2/c1-2-24(21-13-5-3-6-14-21)32-29(34)26-23-17-9-10-18-25(23)31-28(22-15-7-4-8-16-22)27(26)30(35)33-19-11-12-20-33/h3-10,13-18,24H,2,11-12,19-20H2,1H3,(H,32,34). The summed E-state index contributed by atoms with van der Waals surface area (Å²) in [7, 11) is 0. The summed E-state index contributed by atoms with van der Waals surface area (Å²) >= 11 is 0. The first-order valence-electron chi connectivity index (χ1n) is 12.3. The van der Waals surface area contributed by atoms with Crippen LogP contribution in [0.15, 0.2) is 84.9 Å². The van der Waals surface area contributed by atoms with Crippen molar-refractivity contribution in [1.82, 2.24) is 15.2 Å². The van der Waals surface area contributed by atoms with Crippen molar-refractivity contribution < 1.29 is 9.59 Å². The Hall–Kier alpha value is -3.99. The fourth-order valence-electron chi connectivity index (χ4n) is 4.88. The molecule has 4 aromatic rings. The molecule has 1 atom stereocenters. The lowest BCUT2D eigenvalue weighted by molar-refractivity contribution is 0.0785. The van der Waals surface area contributed by atoms with Crippen molar-refractivity contribution in [2.24, 2.45) is 0 Å². The Balaban J connectivity index is 1.71. The van der Waals surface area contributed by atoms with Crippen LogP contribution in [0.1, 0.15) is 58.5 Å². The van der Waals surface area contributed by atoms with Gasteiger partial charge < -0.3 is 10.2 Å². The summed E-state index contributed by atoms with van der Waals surface area (Å²) in [6, 6.07) is 27.1. The fraction of sp³-hybridized carbons (Fsp3) is 0.233. The quantitative estimate of drug-likeness (QED) is 0.380. The molecule has 35 heavy (non-hydrogen) atoms. The molecule has 5 nitrogen and oxygen atoms in total. The van der Waals surface area contributed by atoms with Crippen molar-refractivity contribution in [3.05, 3.63) is 102 Å². The fourth-order valence-corrected chi connectivity index (χ4v) is 4.88. The van der Waals surface area contributed by atoms with Crippen LogP contribution in [-0.2, 0) is 0 Å². The van der Waals surface area contributed by atoms with E-state index in [0.29, 0.717) is 40.8 Å². The van der Waals surface area contributed by atoms with Crippen LogP contribution in [0.2, 0.25) is 0 Å². The van der Waals surface area contributed by atoms with Gasteiger partial charge in [-0.1, -0.05) is 85.8 Å². The third-order valence-corrected chi connectivity index (χ3v) is 6.69. The Kier molecular flexibility index (Phi) is 6.57.